The van der Waals surface area contributed by atoms with Gasteiger partial charge in [-0.25, -0.2) is 5.84 Å². The van der Waals surface area contributed by atoms with Crippen LogP contribution in [0.1, 0.15) is 13.8 Å². The van der Waals surface area contributed by atoms with Gasteiger partial charge in [-0.1, -0.05) is 5.21 Å². The Kier molecular flexibility index (Phi) is 4.55. The van der Waals surface area contributed by atoms with Crippen LogP contribution in [-0.2, 0) is 6.54 Å². The SMILES string of the molecule is CC(C)NC(=NCCn1ccnn1)NN. The first-order valence-corrected chi connectivity index (χ1v) is 4.84. The van der Waals surface area contributed by atoms with Crippen molar-refractivity contribution < 1.29 is 0 Å². The van der Waals surface area contributed by atoms with E-state index in [9.17, 15) is 0 Å². The summed E-state index contributed by atoms with van der Waals surface area (Å²) in [4.78, 5) is 4.24. The third kappa shape index (κ3) is 4.41. The lowest BCUT2D eigenvalue weighted by molar-refractivity contribution is 0.594. The molecule has 1 aromatic rings. The van der Waals surface area contributed by atoms with E-state index < -0.39 is 0 Å². The number of nitrogens with zero attached hydrogens (tertiary/aromatic N) is 4. The van der Waals surface area contributed by atoms with Crippen molar-refractivity contribution in [1.82, 2.24) is 25.7 Å². The summed E-state index contributed by atoms with van der Waals surface area (Å²) in [7, 11) is 0. The molecule has 0 spiro atoms. The van der Waals surface area contributed by atoms with E-state index in [1.165, 1.54) is 0 Å². The highest BCUT2D eigenvalue weighted by molar-refractivity contribution is 5.79. The molecule has 0 atom stereocenters. The van der Waals surface area contributed by atoms with E-state index in [0.29, 0.717) is 25.1 Å². The highest BCUT2D eigenvalue weighted by Crippen LogP contribution is 1.83. The normalized spacial score (nSPS) is 11.9. The van der Waals surface area contributed by atoms with Gasteiger partial charge < -0.3 is 5.32 Å². The van der Waals surface area contributed by atoms with Crippen molar-refractivity contribution in [1.29, 1.82) is 0 Å². The molecule has 0 aliphatic rings. The van der Waals surface area contributed by atoms with Gasteiger partial charge >= 0.3 is 0 Å². The largest absolute Gasteiger partial charge is 0.353 e. The van der Waals surface area contributed by atoms with E-state index in [1.54, 1.807) is 17.1 Å². The van der Waals surface area contributed by atoms with Gasteiger partial charge in [-0.05, 0) is 13.8 Å². The van der Waals surface area contributed by atoms with Gasteiger partial charge in [0.2, 0.25) is 5.96 Å². The molecular weight excluding hydrogens is 194 g/mol. The number of aliphatic imine (C=N–C) groups is 1. The third-order valence-corrected chi connectivity index (χ3v) is 1.63. The Labute approximate surface area is 88.7 Å². The second kappa shape index (κ2) is 5.97. The minimum atomic E-state index is 0.297. The molecule has 1 aromatic heterocycles. The third-order valence-electron chi connectivity index (χ3n) is 1.63. The Balaban J connectivity index is 2.34. The van der Waals surface area contributed by atoms with Crippen LogP contribution in [0.2, 0.25) is 0 Å². The number of aromatic nitrogens is 3. The summed E-state index contributed by atoms with van der Waals surface area (Å²) in [5.41, 5.74) is 2.51. The van der Waals surface area contributed by atoms with Crippen LogP contribution in [0.4, 0.5) is 0 Å². The second-order valence-electron chi connectivity index (χ2n) is 3.34. The molecule has 0 saturated heterocycles. The van der Waals surface area contributed by atoms with Gasteiger partial charge in [0.25, 0.3) is 0 Å². The molecule has 84 valence electrons. The zero-order valence-electron chi connectivity index (χ0n) is 9.01. The lowest BCUT2D eigenvalue weighted by Crippen LogP contribution is -2.44. The molecule has 0 radical (unpaired) electrons. The van der Waals surface area contributed by atoms with Crippen molar-refractivity contribution in [3.8, 4) is 0 Å². The number of hydrogen-bond acceptors (Lipinski definition) is 4. The maximum Gasteiger partial charge on any atom is 0.205 e. The summed E-state index contributed by atoms with van der Waals surface area (Å²) in [6.45, 7) is 5.32. The van der Waals surface area contributed by atoms with Crippen LogP contribution in [0.25, 0.3) is 0 Å². The predicted molar refractivity (Wildman–Crippen MR) is 57.9 cm³/mol. The van der Waals surface area contributed by atoms with Crippen LogP contribution in [0.15, 0.2) is 17.4 Å². The Morgan fingerprint density at radius 2 is 2.40 bits per heavy atom. The molecule has 1 heterocycles. The lowest BCUT2D eigenvalue weighted by Gasteiger charge is -2.11. The maximum atomic E-state index is 5.30. The quantitative estimate of drug-likeness (QED) is 0.260. The van der Waals surface area contributed by atoms with Gasteiger partial charge in [0, 0.05) is 12.2 Å². The van der Waals surface area contributed by atoms with E-state index >= 15 is 0 Å². The summed E-state index contributed by atoms with van der Waals surface area (Å²) in [6.07, 6.45) is 3.43. The summed E-state index contributed by atoms with van der Waals surface area (Å²) in [5, 5.41) is 10.6. The molecule has 0 aromatic carbocycles. The van der Waals surface area contributed by atoms with E-state index in [2.05, 4.69) is 26.0 Å². The minimum absolute atomic E-state index is 0.297. The molecule has 0 saturated carbocycles. The molecule has 1 rings (SSSR count). The number of nitrogens with one attached hydrogen (secondary N) is 2. The summed E-state index contributed by atoms with van der Waals surface area (Å²) >= 11 is 0. The van der Waals surface area contributed by atoms with Crippen LogP contribution < -0.4 is 16.6 Å². The average molecular weight is 211 g/mol. The highest BCUT2D eigenvalue weighted by atomic mass is 15.4. The molecule has 0 amide bonds. The molecule has 0 fully saturated rings. The Morgan fingerprint density at radius 1 is 1.60 bits per heavy atom. The standard InChI is InChI=1S/C8H17N7/c1-7(2)12-8(13-9)10-3-5-15-6-4-11-14-15/h4,6-7H,3,5,9H2,1-2H3,(H2,10,12,13). The molecule has 15 heavy (non-hydrogen) atoms. The van der Waals surface area contributed by atoms with Crippen molar-refractivity contribution in [3.05, 3.63) is 12.4 Å². The number of rotatable bonds is 4. The first-order valence-electron chi connectivity index (χ1n) is 4.84. The van der Waals surface area contributed by atoms with Crippen molar-refractivity contribution in [2.24, 2.45) is 10.8 Å². The summed E-state index contributed by atoms with van der Waals surface area (Å²) in [5.74, 6) is 5.89. The summed E-state index contributed by atoms with van der Waals surface area (Å²) in [6, 6.07) is 0.297. The molecule has 0 unspecified atom stereocenters. The molecule has 0 bridgehead atoms. The molecule has 7 heteroatoms. The fraction of sp³-hybridized carbons (Fsp3) is 0.625. The smallest absolute Gasteiger partial charge is 0.205 e. The van der Waals surface area contributed by atoms with E-state index in [4.69, 9.17) is 5.84 Å². The van der Waals surface area contributed by atoms with Gasteiger partial charge in [-0.2, -0.15) is 0 Å². The number of hydrogen-bond donors (Lipinski definition) is 3. The highest BCUT2D eigenvalue weighted by Gasteiger charge is 1.97. The van der Waals surface area contributed by atoms with E-state index in [1.807, 2.05) is 13.8 Å². The van der Waals surface area contributed by atoms with Crippen LogP contribution in [0.3, 0.4) is 0 Å². The second-order valence-corrected chi connectivity index (χ2v) is 3.34. The van der Waals surface area contributed by atoms with E-state index in [0.717, 1.165) is 0 Å². The lowest BCUT2D eigenvalue weighted by atomic mass is 10.4. The fourth-order valence-electron chi connectivity index (χ4n) is 1.02. The van der Waals surface area contributed by atoms with Gasteiger partial charge in [0.05, 0.1) is 19.3 Å². The minimum Gasteiger partial charge on any atom is -0.353 e. The van der Waals surface area contributed by atoms with Crippen LogP contribution in [0.5, 0.6) is 0 Å². The van der Waals surface area contributed by atoms with Gasteiger partial charge in [0.1, 0.15) is 0 Å². The molecular formula is C8H17N7. The Morgan fingerprint density at radius 3 is 2.93 bits per heavy atom. The van der Waals surface area contributed by atoms with Crippen molar-refractivity contribution >= 4 is 5.96 Å². The number of nitrogens with two attached hydrogens (primary N) is 1. The maximum absolute atomic E-state index is 5.30. The average Bonchev–Trinajstić information content (AvgIpc) is 2.68. The van der Waals surface area contributed by atoms with Gasteiger partial charge in [0.15, 0.2) is 0 Å². The van der Waals surface area contributed by atoms with Crippen LogP contribution in [0, 0.1) is 0 Å². The Hall–Kier alpha value is -1.63. The molecule has 4 N–H and O–H groups in total. The zero-order valence-corrected chi connectivity index (χ0v) is 9.01. The first kappa shape index (κ1) is 11.4. The van der Waals surface area contributed by atoms with Gasteiger partial charge in [-0.3, -0.25) is 15.1 Å². The van der Waals surface area contributed by atoms with Crippen LogP contribution >= 0.6 is 0 Å². The monoisotopic (exact) mass is 211 g/mol. The van der Waals surface area contributed by atoms with Crippen LogP contribution in [-0.4, -0.2) is 33.5 Å². The fourth-order valence-corrected chi connectivity index (χ4v) is 1.02. The summed E-state index contributed by atoms with van der Waals surface area (Å²) < 4.78 is 1.72. The Bertz CT molecular complexity index is 290. The zero-order chi connectivity index (χ0) is 11.1. The topological polar surface area (TPSA) is 93.1 Å². The van der Waals surface area contributed by atoms with Crippen molar-refractivity contribution in [3.63, 3.8) is 0 Å². The predicted octanol–water partition coefficient (Wildman–Crippen LogP) is -0.905. The molecule has 0 aliphatic heterocycles. The van der Waals surface area contributed by atoms with Crippen molar-refractivity contribution in [2.45, 2.75) is 26.4 Å². The molecule has 0 aliphatic carbocycles. The van der Waals surface area contributed by atoms with Crippen molar-refractivity contribution in [2.75, 3.05) is 6.54 Å². The van der Waals surface area contributed by atoms with E-state index in [-0.39, 0.29) is 0 Å². The molecule has 7 nitrogen and oxygen atoms in total. The first-order chi connectivity index (χ1) is 7.22. The van der Waals surface area contributed by atoms with Gasteiger partial charge in [-0.15, -0.1) is 5.10 Å². The number of hydrazine groups is 1. The number of guanidine groups is 1.